The minimum Gasteiger partial charge on any atom is -0.352 e. The summed E-state index contributed by atoms with van der Waals surface area (Å²) in [4.78, 5) is 12.5. The molecule has 4 nitrogen and oxygen atoms in total. The van der Waals surface area contributed by atoms with Crippen molar-refractivity contribution in [3.63, 3.8) is 0 Å². The summed E-state index contributed by atoms with van der Waals surface area (Å²) in [6.45, 7) is 3.10. The zero-order chi connectivity index (χ0) is 16.9. The number of carbonyl (C=O) groups excluding carboxylic acids is 1. The molecule has 1 amide bonds. The topological polar surface area (TPSA) is 53.2 Å². The molecule has 24 heavy (non-hydrogen) atoms. The number of nitrogens with one attached hydrogen (secondary N) is 3. The van der Waals surface area contributed by atoms with Crippen LogP contribution < -0.4 is 16.2 Å². The molecule has 0 radical (unpaired) electrons. The van der Waals surface area contributed by atoms with Crippen molar-refractivity contribution in [3.8, 4) is 0 Å². The van der Waals surface area contributed by atoms with E-state index in [1.54, 1.807) is 12.1 Å². The van der Waals surface area contributed by atoms with Gasteiger partial charge in [-0.3, -0.25) is 10.2 Å². The van der Waals surface area contributed by atoms with Gasteiger partial charge in [0.05, 0.1) is 12.0 Å². The van der Waals surface area contributed by atoms with Gasteiger partial charge in [-0.15, -0.1) is 0 Å². The second-order valence-corrected chi connectivity index (χ2v) is 6.05. The van der Waals surface area contributed by atoms with Gasteiger partial charge >= 0.3 is 0 Å². The Morgan fingerprint density at radius 1 is 1.12 bits per heavy atom. The summed E-state index contributed by atoms with van der Waals surface area (Å²) in [6.07, 6.45) is 0.998. The molecule has 0 aliphatic carbocycles. The van der Waals surface area contributed by atoms with Crippen LogP contribution in [0.4, 0.5) is 4.39 Å². The number of carbonyl (C=O) groups is 1. The van der Waals surface area contributed by atoms with E-state index < -0.39 is 0 Å². The molecule has 0 spiro atoms. The zero-order valence-electron chi connectivity index (χ0n) is 13.7. The number of hydrogen-bond acceptors (Lipinski definition) is 3. The maximum atomic E-state index is 12.9. The average molecular weight is 327 g/mol. The molecule has 1 saturated heterocycles. The molecule has 0 saturated carbocycles. The number of hydrogen-bond donors (Lipinski definition) is 3. The molecule has 1 heterocycles. The Kier molecular flexibility index (Phi) is 5.23. The van der Waals surface area contributed by atoms with Crippen LogP contribution in [0.5, 0.6) is 0 Å². The molecule has 2 aromatic rings. The molecule has 0 bridgehead atoms. The number of halogens is 1. The maximum Gasteiger partial charge on any atom is 0.226 e. The molecule has 126 valence electrons. The lowest BCUT2D eigenvalue weighted by Gasteiger charge is -2.19. The molecule has 2 atom stereocenters. The van der Waals surface area contributed by atoms with Gasteiger partial charge < -0.3 is 5.32 Å². The SMILES string of the molecule is CCc1ccc(C2NNCC2C(=O)NCc2ccc(F)cc2)cc1. The first-order chi connectivity index (χ1) is 11.7. The number of benzene rings is 2. The smallest absolute Gasteiger partial charge is 0.226 e. The van der Waals surface area contributed by atoms with Crippen LogP contribution in [0.2, 0.25) is 0 Å². The van der Waals surface area contributed by atoms with Crippen molar-refractivity contribution in [2.75, 3.05) is 6.54 Å². The summed E-state index contributed by atoms with van der Waals surface area (Å²) in [6, 6.07) is 14.5. The minimum atomic E-state index is -0.273. The van der Waals surface area contributed by atoms with Crippen molar-refractivity contribution < 1.29 is 9.18 Å². The molecule has 5 heteroatoms. The molecule has 2 unspecified atom stereocenters. The molecular formula is C19H22FN3O. The monoisotopic (exact) mass is 327 g/mol. The van der Waals surface area contributed by atoms with Crippen LogP contribution in [-0.4, -0.2) is 12.5 Å². The van der Waals surface area contributed by atoms with Gasteiger partial charge in [0.25, 0.3) is 0 Å². The van der Waals surface area contributed by atoms with Gasteiger partial charge in [0, 0.05) is 13.1 Å². The highest BCUT2D eigenvalue weighted by molar-refractivity contribution is 5.80. The van der Waals surface area contributed by atoms with Crippen molar-refractivity contribution >= 4 is 5.91 Å². The Morgan fingerprint density at radius 3 is 2.46 bits per heavy atom. The first-order valence-corrected chi connectivity index (χ1v) is 8.26. The van der Waals surface area contributed by atoms with E-state index in [0.29, 0.717) is 13.1 Å². The van der Waals surface area contributed by atoms with Crippen molar-refractivity contribution in [3.05, 3.63) is 71.0 Å². The quantitative estimate of drug-likeness (QED) is 0.791. The van der Waals surface area contributed by atoms with E-state index in [2.05, 4.69) is 47.4 Å². The first-order valence-electron chi connectivity index (χ1n) is 8.26. The fourth-order valence-electron chi connectivity index (χ4n) is 2.94. The van der Waals surface area contributed by atoms with E-state index in [1.165, 1.54) is 17.7 Å². The lowest BCUT2D eigenvalue weighted by Crippen LogP contribution is -2.34. The van der Waals surface area contributed by atoms with E-state index in [9.17, 15) is 9.18 Å². The molecular weight excluding hydrogens is 305 g/mol. The highest BCUT2D eigenvalue weighted by Gasteiger charge is 2.33. The molecule has 3 rings (SSSR count). The summed E-state index contributed by atoms with van der Waals surface area (Å²) in [7, 11) is 0. The summed E-state index contributed by atoms with van der Waals surface area (Å²) in [5, 5.41) is 2.94. The second kappa shape index (κ2) is 7.55. The van der Waals surface area contributed by atoms with Crippen molar-refractivity contribution in [1.82, 2.24) is 16.2 Å². The van der Waals surface area contributed by atoms with E-state index in [4.69, 9.17) is 0 Å². The Morgan fingerprint density at radius 2 is 1.79 bits per heavy atom. The van der Waals surface area contributed by atoms with Crippen LogP contribution in [0.15, 0.2) is 48.5 Å². The number of amides is 1. The van der Waals surface area contributed by atoms with E-state index in [1.807, 2.05) is 0 Å². The Labute approximate surface area is 141 Å². The Bertz CT molecular complexity index is 685. The van der Waals surface area contributed by atoms with Crippen LogP contribution in [0.25, 0.3) is 0 Å². The third-order valence-corrected chi connectivity index (χ3v) is 4.45. The number of rotatable bonds is 5. The zero-order valence-corrected chi connectivity index (χ0v) is 13.7. The third-order valence-electron chi connectivity index (χ3n) is 4.45. The highest BCUT2D eigenvalue weighted by Crippen LogP contribution is 2.25. The average Bonchev–Trinajstić information content (AvgIpc) is 3.11. The fourth-order valence-corrected chi connectivity index (χ4v) is 2.94. The fraction of sp³-hybridized carbons (Fsp3) is 0.316. The van der Waals surface area contributed by atoms with E-state index in [-0.39, 0.29) is 23.7 Å². The molecule has 3 N–H and O–H groups in total. The predicted octanol–water partition coefficient (Wildman–Crippen LogP) is 2.47. The molecule has 0 aromatic heterocycles. The van der Waals surface area contributed by atoms with Crippen LogP contribution in [-0.2, 0) is 17.8 Å². The standard InChI is InChI=1S/C19H22FN3O/c1-2-13-3-7-15(8-4-13)18-17(12-22-23-18)19(24)21-11-14-5-9-16(20)10-6-14/h3-10,17-18,22-23H,2,11-12H2,1H3,(H,21,24). The summed E-state index contributed by atoms with van der Waals surface area (Å²) in [5.74, 6) is -0.468. The van der Waals surface area contributed by atoms with Crippen molar-refractivity contribution in [2.45, 2.75) is 25.9 Å². The van der Waals surface area contributed by atoms with Crippen molar-refractivity contribution in [1.29, 1.82) is 0 Å². The summed E-state index contributed by atoms with van der Waals surface area (Å²) in [5.41, 5.74) is 9.52. The molecule has 1 aliphatic heterocycles. The van der Waals surface area contributed by atoms with E-state index in [0.717, 1.165) is 17.5 Å². The number of hydrazine groups is 1. The second-order valence-electron chi connectivity index (χ2n) is 6.05. The van der Waals surface area contributed by atoms with E-state index >= 15 is 0 Å². The maximum absolute atomic E-state index is 12.9. The first kappa shape index (κ1) is 16.6. The van der Waals surface area contributed by atoms with Gasteiger partial charge in [0.2, 0.25) is 5.91 Å². The highest BCUT2D eigenvalue weighted by atomic mass is 19.1. The summed E-state index contributed by atoms with van der Waals surface area (Å²) < 4.78 is 12.9. The lowest BCUT2D eigenvalue weighted by molar-refractivity contribution is -0.125. The molecule has 1 aliphatic rings. The van der Waals surface area contributed by atoms with Crippen LogP contribution >= 0.6 is 0 Å². The van der Waals surface area contributed by atoms with Gasteiger partial charge in [-0.1, -0.05) is 43.3 Å². The number of aryl methyl sites for hydroxylation is 1. The predicted molar refractivity (Wildman–Crippen MR) is 91.4 cm³/mol. The molecule has 1 fully saturated rings. The van der Waals surface area contributed by atoms with Gasteiger partial charge in [-0.05, 0) is 35.2 Å². The van der Waals surface area contributed by atoms with Gasteiger partial charge in [0.1, 0.15) is 5.82 Å². The van der Waals surface area contributed by atoms with Crippen LogP contribution in [0.3, 0.4) is 0 Å². The van der Waals surface area contributed by atoms with Crippen LogP contribution in [0.1, 0.15) is 29.7 Å². The Hall–Kier alpha value is -2.24. The minimum absolute atomic E-state index is 0.0126. The van der Waals surface area contributed by atoms with Gasteiger partial charge in [0.15, 0.2) is 0 Å². The lowest BCUT2D eigenvalue weighted by atomic mass is 9.93. The summed E-state index contributed by atoms with van der Waals surface area (Å²) >= 11 is 0. The normalized spacial score (nSPS) is 20.1. The largest absolute Gasteiger partial charge is 0.352 e. The van der Waals surface area contributed by atoms with Gasteiger partial charge in [-0.2, -0.15) is 0 Å². The third kappa shape index (κ3) is 3.80. The van der Waals surface area contributed by atoms with Crippen molar-refractivity contribution in [2.24, 2.45) is 5.92 Å². The van der Waals surface area contributed by atoms with Crippen LogP contribution in [0, 0.1) is 11.7 Å². The molecule has 2 aromatic carbocycles. The van der Waals surface area contributed by atoms with Gasteiger partial charge in [-0.25, -0.2) is 9.82 Å². The Balaban J connectivity index is 1.63.